The van der Waals surface area contributed by atoms with Crippen LogP contribution >= 0.6 is 7.82 Å². The Labute approximate surface area is 329 Å². The number of hydrogen-bond acceptors (Lipinski definition) is 5. The van der Waals surface area contributed by atoms with Crippen molar-refractivity contribution in [2.24, 2.45) is 0 Å². The van der Waals surface area contributed by atoms with Gasteiger partial charge in [-0.1, -0.05) is 180 Å². The van der Waals surface area contributed by atoms with Gasteiger partial charge in [0.25, 0.3) is 0 Å². The quantitative estimate of drug-likeness (QED) is 0.0247. The summed E-state index contributed by atoms with van der Waals surface area (Å²) in [6.45, 7) is 4.88. The number of aliphatic hydroxyl groups is 1. The summed E-state index contributed by atoms with van der Waals surface area (Å²) in [5.74, 6) is -0.148. The van der Waals surface area contributed by atoms with Crippen LogP contribution in [-0.4, -0.2) is 73.4 Å². The summed E-state index contributed by atoms with van der Waals surface area (Å²) in [5, 5.41) is 14.0. The molecule has 53 heavy (non-hydrogen) atoms. The molecule has 3 atom stereocenters. The molecular formula is C44H90N2O6P+. The maximum absolute atomic E-state index is 12.9. The zero-order chi connectivity index (χ0) is 39.3. The maximum Gasteiger partial charge on any atom is 0.472 e. The molecule has 0 heterocycles. The van der Waals surface area contributed by atoms with Crippen molar-refractivity contribution in [3.05, 3.63) is 12.2 Å². The molecule has 0 aliphatic heterocycles. The highest BCUT2D eigenvalue weighted by Gasteiger charge is 2.28. The second-order valence-corrected chi connectivity index (χ2v) is 18.2. The highest BCUT2D eigenvalue weighted by Crippen LogP contribution is 2.43. The van der Waals surface area contributed by atoms with Crippen LogP contribution in [0.2, 0.25) is 0 Å². The molecule has 0 fully saturated rings. The lowest BCUT2D eigenvalue weighted by molar-refractivity contribution is -0.870. The van der Waals surface area contributed by atoms with Crippen LogP contribution in [0.15, 0.2) is 12.2 Å². The highest BCUT2D eigenvalue weighted by atomic mass is 31.2. The van der Waals surface area contributed by atoms with Gasteiger partial charge in [0.1, 0.15) is 13.2 Å². The molecule has 0 aromatic rings. The number of allylic oxidation sites excluding steroid dienone is 2. The largest absolute Gasteiger partial charge is 0.472 e. The molecule has 0 spiro atoms. The highest BCUT2D eigenvalue weighted by molar-refractivity contribution is 7.47. The number of aliphatic hydroxyl groups excluding tert-OH is 1. The van der Waals surface area contributed by atoms with Gasteiger partial charge < -0.3 is 19.8 Å². The van der Waals surface area contributed by atoms with E-state index in [4.69, 9.17) is 9.05 Å². The van der Waals surface area contributed by atoms with Crippen LogP contribution in [0.1, 0.15) is 213 Å². The minimum Gasteiger partial charge on any atom is -0.391 e. The van der Waals surface area contributed by atoms with E-state index >= 15 is 0 Å². The maximum atomic E-state index is 12.9. The number of amides is 1. The number of nitrogens with one attached hydrogen (secondary N) is 1. The first-order valence-corrected chi connectivity index (χ1v) is 24.0. The molecule has 0 aromatic heterocycles. The van der Waals surface area contributed by atoms with Gasteiger partial charge in [-0.25, -0.2) is 4.57 Å². The topological polar surface area (TPSA) is 105 Å². The van der Waals surface area contributed by atoms with E-state index in [9.17, 15) is 19.4 Å². The van der Waals surface area contributed by atoms with Gasteiger partial charge in [0.2, 0.25) is 5.91 Å². The minimum atomic E-state index is -4.31. The molecule has 3 unspecified atom stereocenters. The molecule has 0 aromatic carbocycles. The third-order valence-electron chi connectivity index (χ3n) is 10.3. The predicted molar refractivity (Wildman–Crippen MR) is 226 cm³/mol. The lowest BCUT2D eigenvalue weighted by atomic mass is 10.0. The van der Waals surface area contributed by atoms with Crippen LogP contribution in [0.4, 0.5) is 0 Å². The molecule has 316 valence electrons. The molecule has 1 amide bonds. The van der Waals surface area contributed by atoms with Gasteiger partial charge in [0.05, 0.1) is 39.9 Å². The number of phosphoric acid groups is 1. The fourth-order valence-corrected chi connectivity index (χ4v) is 7.36. The van der Waals surface area contributed by atoms with E-state index in [-0.39, 0.29) is 19.1 Å². The number of rotatable bonds is 41. The van der Waals surface area contributed by atoms with Gasteiger partial charge in [-0.3, -0.25) is 13.8 Å². The first kappa shape index (κ1) is 52.2. The van der Waals surface area contributed by atoms with Crippen molar-refractivity contribution in [3.8, 4) is 0 Å². The number of phosphoric ester groups is 1. The predicted octanol–water partition coefficient (Wildman–Crippen LogP) is 12.4. The molecule has 0 saturated heterocycles. The van der Waals surface area contributed by atoms with E-state index in [1.54, 1.807) is 0 Å². The van der Waals surface area contributed by atoms with Crippen molar-refractivity contribution in [1.82, 2.24) is 5.32 Å². The lowest BCUT2D eigenvalue weighted by Gasteiger charge is -2.26. The summed E-state index contributed by atoms with van der Waals surface area (Å²) in [5.41, 5.74) is 0. The zero-order valence-corrected chi connectivity index (χ0v) is 36.7. The van der Waals surface area contributed by atoms with Crippen LogP contribution in [0.25, 0.3) is 0 Å². The Kier molecular flexibility index (Phi) is 36.3. The Morgan fingerprint density at radius 3 is 1.47 bits per heavy atom. The third kappa shape index (κ3) is 39.3. The van der Waals surface area contributed by atoms with E-state index in [1.807, 2.05) is 21.1 Å². The molecular weight excluding hydrogens is 683 g/mol. The van der Waals surface area contributed by atoms with Gasteiger partial charge in [-0.05, 0) is 38.5 Å². The summed E-state index contributed by atoms with van der Waals surface area (Å²) < 4.78 is 23.6. The Bertz CT molecular complexity index is 880. The molecule has 0 rings (SSSR count). The second-order valence-electron chi connectivity index (χ2n) is 16.8. The van der Waals surface area contributed by atoms with Crippen molar-refractivity contribution < 1.29 is 32.9 Å². The standard InChI is InChI=1S/C44H89N2O6P/c1-6-8-10-12-14-16-18-20-22-24-25-27-29-31-33-35-37-43(47)42(41-52-53(49,50)51-40-39-46(3,4)5)45-44(48)38-36-34-32-30-28-26-23-21-19-17-15-13-11-9-7-2/h17,19,42-43,47H,6-16,18,20-41H2,1-5H3,(H-,45,48,49,50)/p+1/b19-17-. The summed E-state index contributed by atoms with van der Waals surface area (Å²) in [7, 11) is 1.62. The van der Waals surface area contributed by atoms with Gasteiger partial charge in [0.15, 0.2) is 0 Å². The van der Waals surface area contributed by atoms with Crippen LogP contribution in [0.3, 0.4) is 0 Å². The van der Waals surface area contributed by atoms with Crippen molar-refractivity contribution in [2.45, 2.75) is 225 Å². The third-order valence-corrected chi connectivity index (χ3v) is 11.2. The molecule has 0 saturated carbocycles. The van der Waals surface area contributed by atoms with Crippen molar-refractivity contribution in [2.75, 3.05) is 40.9 Å². The van der Waals surface area contributed by atoms with E-state index in [0.29, 0.717) is 23.9 Å². The van der Waals surface area contributed by atoms with Crippen LogP contribution in [0, 0.1) is 0 Å². The minimum absolute atomic E-state index is 0.0757. The van der Waals surface area contributed by atoms with Gasteiger partial charge >= 0.3 is 7.82 Å². The van der Waals surface area contributed by atoms with Crippen molar-refractivity contribution >= 4 is 13.7 Å². The summed E-state index contributed by atoms with van der Waals surface area (Å²) >= 11 is 0. The number of quaternary nitrogens is 1. The van der Waals surface area contributed by atoms with Gasteiger partial charge in [-0.15, -0.1) is 0 Å². The van der Waals surface area contributed by atoms with E-state index in [1.165, 1.54) is 148 Å². The molecule has 8 nitrogen and oxygen atoms in total. The second kappa shape index (κ2) is 36.9. The molecule has 0 radical (unpaired) electrons. The average molecular weight is 774 g/mol. The number of likely N-dealkylation sites (N-methyl/N-ethyl adjacent to an activating group) is 1. The number of unbranched alkanes of at least 4 members (excludes halogenated alkanes) is 26. The smallest absolute Gasteiger partial charge is 0.391 e. The number of carbonyl (C=O) groups excluding carboxylic acids is 1. The van der Waals surface area contributed by atoms with Crippen LogP contribution in [-0.2, 0) is 18.4 Å². The van der Waals surface area contributed by atoms with Crippen molar-refractivity contribution in [1.29, 1.82) is 0 Å². The van der Waals surface area contributed by atoms with Crippen molar-refractivity contribution in [3.63, 3.8) is 0 Å². The molecule has 0 aliphatic rings. The summed E-state index contributed by atoms with van der Waals surface area (Å²) in [6.07, 6.45) is 40.8. The SMILES string of the molecule is CCCCCC/C=C\CCCCCCCCCC(=O)NC(COP(=O)(O)OCC[N+](C)(C)C)C(O)CCCCCCCCCCCCCCCCCC. The molecule has 9 heteroatoms. The fourth-order valence-electron chi connectivity index (χ4n) is 6.63. The first-order chi connectivity index (χ1) is 25.5. The molecule has 3 N–H and O–H groups in total. The molecule has 0 bridgehead atoms. The van der Waals surface area contributed by atoms with Crippen LogP contribution in [0.5, 0.6) is 0 Å². The van der Waals surface area contributed by atoms with E-state index in [0.717, 1.165) is 38.5 Å². The Morgan fingerprint density at radius 1 is 0.623 bits per heavy atom. The van der Waals surface area contributed by atoms with Gasteiger partial charge in [0, 0.05) is 6.42 Å². The summed E-state index contributed by atoms with van der Waals surface area (Å²) in [6, 6.07) is -0.758. The fraction of sp³-hybridized carbons (Fsp3) is 0.932. The molecule has 0 aliphatic carbocycles. The normalized spacial score (nSPS) is 14.5. The lowest BCUT2D eigenvalue weighted by Crippen LogP contribution is -2.46. The number of nitrogens with zero attached hydrogens (tertiary/aromatic N) is 1. The van der Waals surface area contributed by atoms with Crippen LogP contribution < -0.4 is 5.32 Å². The Morgan fingerprint density at radius 2 is 1.02 bits per heavy atom. The summed E-state index contributed by atoms with van der Waals surface area (Å²) in [4.78, 5) is 23.1. The average Bonchev–Trinajstić information content (AvgIpc) is 3.10. The van der Waals surface area contributed by atoms with Gasteiger partial charge in [-0.2, -0.15) is 0 Å². The first-order valence-electron chi connectivity index (χ1n) is 22.6. The van der Waals surface area contributed by atoms with E-state index in [2.05, 4.69) is 31.3 Å². The Balaban J connectivity index is 4.35. The number of carbonyl (C=O) groups is 1. The zero-order valence-electron chi connectivity index (χ0n) is 35.8. The Hall–Kier alpha value is -0.760. The monoisotopic (exact) mass is 774 g/mol. The number of hydrogen-bond donors (Lipinski definition) is 3. The van der Waals surface area contributed by atoms with E-state index < -0.39 is 20.0 Å².